The molecular weight excluding hydrogens is 551 g/mol. The number of anilines is 1. The number of allylic oxidation sites excluding steroid dienone is 4. The maximum absolute atomic E-state index is 6.53. The third kappa shape index (κ3) is 8.70. The normalized spacial score (nSPS) is 16.9. The third-order valence-corrected chi connectivity index (χ3v) is 8.24. The number of nitrogens with zero attached hydrogens (tertiary/aromatic N) is 2. The number of piperidine rings is 1. The summed E-state index contributed by atoms with van der Waals surface area (Å²) in [5.74, 6) is 1.32. The Morgan fingerprint density at radius 2 is 1.78 bits per heavy atom. The molecule has 41 heavy (non-hydrogen) atoms. The molecule has 1 saturated heterocycles. The van der Waals surface area contributed by atoms with Crippen LogP contribution >= 0.6 is 23.2 Å². The molecule has 0 radical (unpaired) electrons. The lowest BCUT2D eigenvalue weighted by molar-refractivity contribution is 0.216. The molecular formula is C34H40Cl2N4O. The molecule has 2 unspecified atom stereocenters. The Hall–Kier alpha value is -3.09. The zero-order valence-corrected chi connectivity index (χ0v) is 25.4. The Balaban J connectivity index is 1.28. The molecule has 2 aromatic carbocycles. The number of nitrogens with two attached hydrogens (primary N) is 2. The van der Waals surface area contributed by atoms with Gasteiger partial charge in [-0.05, 0) is 87.0 Å². The lowest BCUT2D eigenvalue weighted by atomic mass is 9.89. The van der Waals surface area contributed by atoms with Gasteiger partial charge in [0, 0.05) is 30.2 Å². The zero-order chi connectivity index (χ0) is 29.2. The summed E-state index contributed by atoms with van der Waals surface area (Å²) < 4.78 is 6.14. The first-order valence-electron chi connectivity index (χ1n) is 14.2. The van der Waals surface area contributed by atoms with Crippen molar-refractivity contribution in [2.45, 2.75) is 51.2 Å². The molecule has 0 spiro atoms. The fourth-order valence-corrected chi connectivity index (χ4v) is 5.92. The van der Waals surface area contributed by atoms with Crippen LogP contribution in [0, 0.1) is 0 Å². The molecule has 0 amide bonds. The van der Waals surface area contributed by atoms with E-state index >= 15 is 0 Å². The fourth-order valence-electron chi connectivity index (χ4n) is 5.25. The summed E-state index contributed by atoms with van der Waals surface area (Å²) in [6.45, 7) is 7.31. The predicted molar refractivity (Wildman–Crippen MR) is 173 cm³/mol. The number of likely N-dealkylation sites (tertiary alicyclic amines) is 1. The Morgan fingerprint density at radius 1 is 1.07 bits per heavy atom. The molecule has 1 aliphatic rings. The number of aromatic nitrogens is 1. The van der Waals surface area contributed by atoms with Crippen molar-refractivity contribution < 1.29 is 4.74 Å². The number of hydrogen-bond donors (Lipinski definition) is 2. The molecule has 0 saturated carbocycles. The van der Waals surface area contributed by atoms with Gasteiger partial charge in [-0.15, -0.1) is 0 Å². The van der Waals surface area contributed by atoms with Gasteiger partial charge in [0.2, 0.25) is 0 Å². The van der Waals surface area contributed by atoms with Crippen LogP contribution in [0.1, 0.15) is 67.9 Å². The van der Waals surface area contributed by atoms with Gasteiger partial charge < -0.3 is 21.1 Å². The van der Waals surface area contributed by atoms with Gasteiger partial charge in [0.05, 0.1) is 16.1 Å². The number of benzene rings is 2. The van der Waals surface area contributed by atoms with E-state index in [1.807, 2.05) is 38.1 Å². The van der Waals surface area contributed by atoms with Gasteiger partial charge in [-0.2, -0.15) is 0 Å². The largest absolute Gasteiger partial charge is 0.486 e. The van der Waals surface area contributed by atoms with E-state index in [4.69, 9.17) is 39.4 Å². The lowest BCUT2D eigenvalue weighted by Gasteiger charge is -2.31. The number of hydrogen-bond acceptors (Lipinski definition) is 5. The molecule has 2 heterocycles. The SMILES string of the molecule is C/C=C(\C=C/CCN1CCC(c2ccccc2)CC1)/C=C/C(N)c1cc(OC(C)c2c(Cl)cncc2Cl)ccc1N. The van der Waals surface area contributed by atoms with Crippen molar-refractivity contribution in [3.8, 4) is 5.75 Å². The van der Waals surface area contributed by atoms with Crippen LogP contribution in [0.25, 0.3) is 0 Å². The van der Waals surface area contributed by atoms with Crippen LogP contribution < -0.4 is 16.2 Å². The molecule has 4 N–H and O–H groups in total. The van der Waals surface area contributed by atoms with Gasteiger partial charge in [0.25, 0.3) is 0 Å². The van der Waals surface area contributed by atoms with E-state index in [-0.39, 0.29) is 6.10 Å². The number of halogens is 2. The van der Waals surface area contributed by atoms with E-state index in [1.165, 1.54) is 18.4 Å². The van der Waals surface area contributed by atoms with Crippen molar-refractivity contribution in [3.63, 3.8) is 0 Å². The van der Waals surface area contributed by atoms with Gasteiger partial charge in [-0.3, -0.25) is 4.98 Å². The van der Waals surface area contributed by atoms with E-state index in [9.17, 15) is 0 Å². The first kappa shape index (κ1) is 30.9. The fraction of sp³-hybridized carbons (Fsp3) is 0.324. The van der Waals surface area contributed by atoms with E-state index < -0.39 is 6.04 Å². The summed E-state index contributed by atoms with van der Waals surface area (Å²) in [5, 5.41) is 0.916. The molecule has 7 heteroatoms. The van der Waals surface area contributed by atoms with Crippen molar-refractivity contribution in [2.75, 3.05) is 25.4 Å². The maximum Gasteiger partial charge on any atom is 0.124 e. The van der Waals surface area contributed by atoms with Crippen molar-refractivity contribution >= 4 is 28.9 Å². The molecule has 216 valence electrons. The zero-order valence-electron chi connectivity index (χ0n) is 23.8. The Labute approximate surface area is 254 Å². The molecule has 3 aromatic rings. The molecule has 1 aromatic heterocycles. The summed E-state index contributed by atoms with van der Waals surface area (Å²) >= 11 is 12.6. The third-order valence-electron chi connectivity index (χ3n) is 7.64. The number of rotatable bonds is 11. The van der Waals surface area contributed by atoms with E-state index in [0.29, 0.717) is 33.0 Å². The highest BCUT2D eigenvalue weighted by Gasteiger charge is 2.20. The van der Waals surface area contributed by atoms with Gasteiger partial charge in [0.1, 0.15) is 11.9 Å². The highest BCUT2D eigenvalue weighted by atomic mass is 35.5. The standard InChI is InChI=1S/C34H40Cl2N4O/c1-3-25(9-7-8-18-40-19-16-27(17-20-40)26-10-5-4-6-11-26)12-14-32(37)29-21-28(13-15-33(29)38)41-24(2)34-30(35)22-39-23-31(34)36/h3-7,9-15,21-24,27,32H,8,16-20,37-38H2,1-2H3/b9-7-,14-12+,25-3+. The number of pyridine rings is 1. The van der Waals surface area contributed by atoms with Crippen molar-refractivity contribution in [1.29, 1.82) is 0 Å². The number of ether oxygens (including phenoxy) is 1. The minimum absolute atomic E-state index is 0.378. The molecule has 2 atom stereocenters. The second-order valence-electron chi connectivity index (χ2n) is 10.5. The molecule has 1 fully saturated rings. The van der Waals surface area contributed by atoms with E-state index in [0.717, 1.165) is 37.2 Å². The highest BCUT2D eigenvalue weighted by Crippen LogP contribution is 2.34. The van der Waals surface area contributed by atoms with Crippen LogP contribution in [-0.4, -0.2) is 29.5 Å². The Morgan fingerprint density at radius 3 is 2.46 bits per heavy atom. The summed E-state index contributed by atoms with van der Waals surface area (Å²) in [4.78, 5) is 6.58. The van der Waals surface area contributed by atoms with Crippen molar-refractivity contribution in [1.82, 2.24) is 9.88 Å². The smallest absolute Gasteiger partial charge is 0.124 e. The maximum atomic E-state index is 6.53. The molecule has 4 rings (SSSR count). The first-order chi connectivity index (χ1) is 19.9. The van der Waals surface area contributed by atoms with Crippen LogP contribution in [0.3, 0.4) is 0 Å². The Bertz CT molecular complexity index is 1340. The summed E-state index contributed by atoms with van der Waals surface area (Å²) in [6, 6.07) is 16.0. The minimum Gasteiger partial charge on any atom is -0.486 e. The number of nitrogen functional groups attached to an aromatic ring is 1. The second kappa shape index (κ2) is 15.2. The molecule has 1 aliphatic heterocycles. The second-order valence-corrected chi connectivity index (χ2v) is 11.3. The summed E-state index contributed by atoms with van der Waals surface area (Å²) in [5.41, 5.74) is 17.5. The Kier molecular flexibility index (Phi) is 11.5. The average Bonchev–Trinajstić information content (AvgIpc) is 2.98. The highest BCUT2D eigenvalue weighted by molar-refractivity contribution is 6.35. The van der Waals surface area contributed by atoms with E-state index in [1.54, 1.807) is 18.5 Å². The van der Waals surface area contributed by atoms with Crippen molar-refractivity contribution in [3.05, 3.63) is 124 Å². The first-order valence-corrected chi connectivity index (χ1v) is 15.0. The van der Waals surface area contributed by atoms with Crippen LogP contribution in [-0.2, 0) is 0 Å². The van der Waals surface area contributed by atoms with Crippen LogP contribution in [0.2, 0.25) is 10.0 Å². The average molecular weight is 592 g/mol. The minimum atomic E-state index is -0.392. The summed E-state index contributed by atoms with van der Waals surface area (Å²) in [6.07, 6.45) is 16.7. The van der Waals surface area contributed by atoms with Gasteiger partial charge in [-0.1, -0.05) is 83.9 Å². The topological polar surface area (TPSA) is 77.4 Å². The van der Waals surface area contributed by atoms with E-state index in [2.05, 4.69) is 58.4 Å². The molecule has 0 bridgehead atoms. The molecule has 5 nitrogen and oxygen atoms in total. The van der Waals surface area contributed by atoms with Crippen LogP contribution in [0.4, 0.5) is 5.69 Å². The monoisotopic (exact) mass is 590 g/mol. The molecule has 0 aliphatic carbocycles. The van der Waals surface area contributed by atoms with Crippen molar-refractivity contribution in [2.24, 2.45) is 5.73 Å². The van der Waals surface area contributed by atoms with Gasteiger partial charge in [0.15, 0.2) is 0 Å². The quantitative estimate of drug-likeness (QED) is 0.173. The van der Waals surface area contributed by atoms with Gasteiger partial charge in [-0.25, -0.2) is 0 Å². The van der Waals surface area contributed by atoms with Crippen LogP contribution in [0.15, 0.2) is 96.9 Å². The summed E-state index contributed by atoms with van der Waals surface area (Å²) in [7, 11) is 0. The lowest BCUT2D eigenvalue weighted by Crippen LogP contribution is -2.33. The van der Waals surface area contributed by atoms with Gasteiger partial charge >= 0.3 is 0 Å². The van der Waals surface area contributed by atoms with Crippen LogP contribution in [0.5, 0.6) is 5.75 Å². The predicted octanol–water partition coefficient (Wildman–Crippen LogP) is 8.44.